The molecule has 1 fully saturated rings. The normalized spacial score (nSPS) is 18.2. The van der Waals surface area contributed by atoms with Crippen LogP contribution in [0.3, 0.4) is 0 Å². The van der Waals surface area contributed by atoms with Crippen molar-refractivity contribution in [1.82, 2.24) is 0 Å². The van der Waals surface area contributed by atoms with Gasteiger partial charge in [-0.2, -0.15) is 0 Å². The van der Waals surface area contributed by atoms with E-state index < -0.39 is 17.1 Å². The van der Waals surface area contributed by atoms with Crippen LogP contribution in [0.1, 0.15) is 37.8 Å². The van der Waals surface area contributed by atoms with Gasteiger partial charge in [0.05, 0.1) is 5.41 Å². The second kappa shape index (κ2) is 3.30. The molecule has 0 atom stereocenters. The number of carboxylic acid groups (broad SMARTS) is 1. The number of carboxylic acids is 1. The van der Waals surface area contributed by atoms with Crippen LogP contribution >= 0.6 is 0 Å². The molecule has 0 unspecified atom stereocenters. The maximum Gasteiger partial charge on any atom is 0.313 e. The zero-order valence-electron chi connectivity index (χ0n) is 9.46. The first kappa shape index (κ1) is 11.1. The molecule has 1 aromatic rings. The predicted octanol–water partition coefficient (Wildman–Crippen LogP) is 3.01. The summed E-state index contributed by atoms with van der Waals surface area (Å²) in [4.78, 5) is 11.1. The third-order valence-electron chi connectivity index (χ3n) is 3.33. The number of hydrogen-bond acceptors (Lipinski definition) is 1. The van der Waals surface area contributed by atoms with Crippen LogP contribution < -0.4 is 0 Å². The van der Waals surface area contributed by atoms with Crippen LogP contribution in [-0.2, 0) is 15.9 Å². The molecule has 0 radical (unpaired) electrons. The number of benzene rings is 1. The lowest BCUT2D eigenvalue weighted by Gasteiger charge is -2.21. The van der Waals surface area contributed by atoms with Gasteiger partial charge in [-0.3, -0.25) is 4.79 Å². The lowest BCUT2D eigenvalue weighted by molar-refractivity contribution is -0.142. The molecule has 86 valence electrons. The van der Waals surface area contributed by atoms with Crippen molar-refractivity contribution in [1.29, 1.82) is 0 Å². The van der Waals surface area contributed by atoms with Gasteiger partial charge in [0.15, 0.2) is 0 Å². The summed E-state index contributed by atoms with van der Waals surface area (Å²) in [6.07, 6.45) is 1.09. The van der Waals surface area contributed by atoms with Gasteiger partial charge >= 0.3 is 5.97 Å². The van der Waals surface area contributed by atoms with Crippen molar-refractivity contribution in [3.8, 4) is 0 Å². The number of alkyl halides is 1. The van der Waals surface area contributed by atoms with E-state index in [1.165, 1.54) is 0 Å². The first-order valence-electron chi connectivity index (χ1n) is 5.40. The minimum Gasteiger partial charge on any atom is -0.481 e. The molecule has 1 saturated carbocycles. The molecular weight excluding hydrogens is 207 g/mol. The molecule has 0 amide bonds. The number of rotatable bonds is 3. The molecule has 1 aliphatic carbocycles. The Morgan fingerprint density at radius 3 is 2.56 bits per heavy atom. The van der Waals surface area contributed by atoms with Crippen molar-refractivity contribution in [2.24, 2.45) is 0 Å². The average Bonchev–Trinajstić information content (AvgIpc) is 2.98. The number of hydrogen-bond donors (Lipinski definition) is 1. The molecule has 0 aromatic heterocycles. The lowest BCUT2D eigenvalue weighted by atomic mass is 9.83. The van der Waals surface area contributed by atoms with E-state index in [2.05, 4.69) is 0 Å². The highest BCUT2D eigenvalue weighted by atomic mass is 19.1. The van der Waals surface area contributed by atoms with Crippen molar-refractivity contribution in [3.05, 3.63) is 35.4 Å². The Bertz CT molecular complexity index is 433. The third-order valence-corrected chi connectivity index (χ3v) is 3.33. The van der Waals surface area contributed by atoms with E-state index in [1.807, 2.05) is 0 Å². The highest BCUT2D eigenvalue weighted by Crippen LogP contribution is 2.50. The second-order valence-corrected chi connectivity index (χ2v) is 4.98. The van der Waals surface area contributed by atoms with E-state index >= 15 is 0 Å². The van der Waals surface area contributed by atoms with Crippen molar-refractivity contribution < 1.29 is 14.3 Å². The van der Waals surface area contributed by atoms with Gasteiger partial charge in [0.25, 0.3) is 0 Å². The number of carbonyl (C=O) groups is 1. The van der Waals surface area contributed by atoms with Gasteiger partial charge in [-0.1, -0.05) is 24.3 Å². The molecule has 16 heavy (non-hydrogen) atoms. The van der Waals surface area contributed by atoms with E-state index in [1.54, 1.807) is 38.1 Å². The molecule has 2 nitrogen and oxygen atoms in total. The van der Waals surface area contributed by atoms with E-state index in [0.29, 0.717) is 24.0 Å². The Labute approximate surface area is 94.1 Å². The minimum atomic E-state index is -1.20. The van der Waals surface area contributed by atoms with Gasteiger partial charge in [0.1, 0.15) is 5.67 Å². The maximum atomic E-state index is 13.9. The second-order valence-electron chi connectivity index (χ2n) is 4.98. The fraction of sp³-hybridized carbons (Fsp3) is 0.462. The van der Waals surface area contributed by atoms with Crippen LogP contribution in [0, 0.1) is 0 Å². The molecular formula is C13H15FO2. The van der Waals surface area contributed by atoms with Crippen LogP contribution in [-0.4, -0.2) is 11.1 Å². The Hall–Kier alpha value is -1.38. The molecule has 0 aliphatic heterocycles. The highest BCUT2D eigenvalue weighted by Gasteiger charge is 2.45. The van der Waals surface area contributed by atoms with E-state index in [9.17, 15) is 9.18 Å². The van der Waals surface area contributed by atoms with Crippen molar-refractivity contribution in [2.75, 3.05) is 0 Å². The Morgan fingerprint density at radius 1 is 1.44 bits per heavy atom. The molecule has 1 aliphatic rings. The largest absolute Gasteiger partial charge is 0.481 e. The first-order chi connectivity index (χ1) is 7.36. The monoisotopic (exact) mass is 222 g/mol. The van der Waals surface area contributed by atoms with Crippen LogP contribution in [0.15, 0.2) is 24.3 Å². The Kier molecular flexibility index (Phi) is 2.30. The topological polar surface area (TPSA) is 37.3 Å². The van der Waals surface area contributed by atoms with Gasteiger partial charge in [-0.05, 0) is 37.8 Å². The molecule has 0 saturated heterocycles. The summed E-state index contributed by atoms with van der Waals surface area (Å²) in [6, 6.07) is 6.88. The summed E-state index contributed by atoms with van der Waals surface area (Å²) in [6.45, 7) is 3.26. The van der Waals surface area contributed by atoms with Crippen molar-refractivity contribution in [3.63, 3.8) is 0 Å². The fourth-order valence-electron chi connectivity index (χ4n) is 1.71. The first-order valence-corrected chi connectivity index (χ1v) is 5.40. The third kappa shape index (κ3) is 1.70. The van der Waals surface area contributed by atoms with Crippen LogP contribution in [0.4, 0.5) is 4.39 Å². The van der Waals surface area contributed by atoms with Crippen LogP contribution in [0.2, 0.25) is 0 Å². The summed E-state index contributed by atoms with van der Waals surface area (Å²) in [7, 11) is 0. The minimum absolute atomic E-state index is 0.546. The van der Waals surface area contributed by atoms with Gasteiger partial charge in [0, 0.05) is 0 Å². The zero-order valence-corrected chi connectivity index (χ0v) is 9.46. The van der Waals surface area contributed by atoms with Gasteiger partial charge in [-0.25, -0.2) is 4.39 Å². The molecule has 0 heterocycles. The summed E-state index contributed by atoms with van der Waals surface area (Å²) >= 11 is 0. The summed E-state index contributed by atoms with van der Waals surface area (Å²) in [5.41, 5.74) is -0.910. The summed E-state index contributed by atoms with van der Waals surface area (Å²) < 4.78 is 13.9. The van der Waals surface area contributed by atoms with Crippen LogP contribution in [0.5, 0.6) is 0 Å². The fourth-order valence-corrected chi connectivity index (χ4v) is 1.71. The Balaban J connectivity index is 2.40. The molecule has 1 N–H and O–H groups in total. The van der Waals surface area contributed by atoms with Crippen molar-refractivity contribution in [2.45, 2.75) is 37.8 Å². The van der Waals surface area contributed by atoms with Crippen LogP contribution in [0.25, 0.3) is 0 Å². The maximum absolute atomic E-state index is 13.9. The Morgan fingerprint density at radius 2 is 2.06 bits per heavy atom. The molecule has 0 bridgehead atoms. The van der Waals surface area contributed by atoms with E-state index in [-0.39, 0.29) is 0 Å². The number of aliphatic carboxylic acids is 1. The summed E-state index contributed by atoms with van der Waals surface area (Å²) in [5.74, 6) is -0.895. The van der Waals surface area contributed by atoms with Gasteiger partial charge in [-0.15, -0.1) is 0 Å². The smallest absolute Gasteiger partial charge is 0.313 e. The SMILES string of the molecule is CC(C)(C(=O)O)c1cccc(C2(F)CC2)c1. The molecule has 3 heteroatoms. The molecule has 2 rings (SSSR count). The van der Waals surface area contributed by atoms with E-state index in [0.717, 1.165) is 0 Å². The number of halogens is 1. The standard InChI is InChI=1S/C13H15FO2/c1-12(2,11(15)16)9-4-3-5-10(8-9)13(14)6-7-13/h3-5,8H,6-7H2,1-2H3,(H,15,16). The van der Waals surface area contributed by atoms with E-state index in [4.69, 9.17) is 5.11 Å². The van der Waals surface area contributed by atoms with Gasteiger partial charge in [0.2, 0.25) is 0 Å². The predicted molar refractivity (Wildman–Crippen MR) is 59.1 cm³/mol. The zero-order chi connectivity index (χ0) is 12.0. The quantitative estimate of drug-likeness (QED) is 0.853. The molecule has 1 aromatic carbocycles. The highest BCUT2D eigenvalue weighted by molar-refractivity contribution is 5.80. The summed E-state index contributed by atoms with van der Waals surface area (Å²) in [5, 5.41) is 9.11. The average molecular weight is 222 g/mol. The van der Waals surface area contributed by atoms with Crippen molar-refractivity contribution >= 4 is 5.97 Å². The van der Waals surface area contributed by atoms with Gasteiger partial charge < -0.3 is 5.11 Å². The lowest BCUT2D eigenvalue weighted by Crippen LogP contribution is -2.28. The molecule has 0 spiro atoms.